The minimum absolute atomic E-state index is 0.115. The smallest absolute Gasteiger partial charge is 0.256 e. The second kappa shape index (κ2) is 9.96. The van der Waals surface area contributed by atoms with E-state index in [9.17, 15) is 4.79 Å². The Morgan fingerprint density at radius 2 is 2.10 bits per heavy atom. The first-order valence-electron chi connectivity index (χ1n) is 9.68. The molecule has 1 aliphatic heterocycles. The van der Waals surface area contributed by atoms with Gasteiger partial charge in [-0.15, -0.1) is 23.1 Å². The molecule has 2 aromatic carbocycles. The summed E-state index contributed by atoms with van der Waals surface area (Å²) in [6.07, 6.45) is 2.30. The first kappa shape index (κ1) is 20.0. The normalized spacial score (nSPS) is 15.9. The summed E-state index contributed by atoms with van der Waals surface area (Å²) in [7, 11) is 0. The van der Waals surface area contributed by atoms with Crippen molar-refractivity contribution in [3.05, 3.63) is 76.5 Å². The molecule has 1 aromatic heterocycles. The van der Waals surface area contributed by atoms with Crippen molar-refractivity contribution in [3.63, 3.8) is 0 Å². The van der Waals surface area contributed by atoms with E-state index in [1.807, 2.05) is 54.6 Å². The zero-order chi connectivity index (χ0) is 19.9. The number of thioether (sulfide) groups is 1. The Labute approximate surface area is 179 Å². The molecule has 1 atom stereocenters. The third kappa shape index (κ3) is 5.63. The SMILES string of the molecule is O=C(Nc1cccc(OCC2CCCO2)c1)c1ccccc1SCc1cccs1. The molecular weight excluding hydrogens is 402 g/mol. The van der Waals surface area contributed by atoms with Crippen LogP contribution in [0.3, 0.4) is 0 Å². The summed E-state index contributed by atoms with van der Waals surface area (Å²) in [5.41, 5.74) is 1.40. The van der Waals surface area contributed by atoms with Crippen molar-refractivity contribution in [2.45, 2.75) is 29.6 Å². The number of amides is 1. The molecule has 150 valence electrons. The average molecular weight is 426 g/mol. The molecule has 1 saturated heterocycles. The molecule has 1 N–H and O–H groups in total. The lowest BCUT2D eigenvalue weighted by Gasteiger charge is -2.13. The van der Waals surface area contributed by atoms with Crippen molar-refractivity contribution in [2.75, 3.05) is 18.5 Å². The van der Waals surface area contributed by atoms with Gasteiger partial charge in [-0.2, -0.15) is 0 Å². The van der Waals surface area contributed by atoms with Crippen LogP contribution in [0.2, 0.25) is 0 Å². The van der Waals surface area contributed by atoms with Gasteiger partial charge < -0.3 is 14.8 Å². The maximum absolute atomic E-state index is 12.9. The van der Waals surface area contributed by atoms with Gasteiger partial charge in [-0.3, -0.25) is 4.79 Å². The van der Waals surface area contributed by atoms with Crippen LogP contribution in [0.15, 0.2) is 70.9 Å². The zero-order valence-electron chi connectivity index (χ0n) is 16.0. The van der Waals surface area contributed by atoms with Gasteiger partial charge in [-0.1, -0.05) is 24.3 Å². The highest BCUT2D eigenvalue weighted by Crippen LogP contribution is 2.29. The number of nitrogens with one attached hydrogen (secondary N) is 1. The molecule has 2 heterocycles. The molecule has 3 aromatic rings. The number of hydrogen-bond acceptors (Lipinski definition) is 5. The molecule has 4 rings (SSSR count). The molecule has 0 radical (unpaired) electrons. The van der Waals surface area contributed by atoms with Gasteiger partial charge in [0.2, 0.25) is 0 Å². The van der Waals surface area contributed by atoms with Crippen LogP contribution in [0.5, 0.6) is 5.75 Å². The number of rotatable bonds is 8. The third-order valence-corrected chi connectivity index (χ3v) is 6.81. The monoisotopic (exact) mass is 425 g/mol. The zero-order valence-corrected chi connectivity index (χ0v) is 17.6. The summed E-state index contributed by atoms with van der Waals surface area (Å²) < 4.78 is 11.4. The quantitative estimate of drug-likeness (QED) is 0.460. The van der Waals surface area contributed by atoms with Crippen molar-refractivity contribution < 1.29 is 14.3 Å². The summed E-state index contributed by atoms with van der Waals surface area (Å²) >= 11 is 3.41. The second-order valence-electron chi connectivity index (χ2n) is 6.79. The van der Waals surface area contributed by atoms with Crippen LogP contribution in [0.4, 0.5) is 5.69 Å². The predicted molar refractivity (Wildman–Crippen MR) is 119 cm³/mol. The standard InChI is InChI=1S/C23H23NO3S2/c25-23(21-10-1-2-11-22(21)29-16-20-9-5-13-28-20)24-17-6-3-7-18(14-17)27-15-19-8-4-12-26-19/h1-3,5-7,9-11,13-14,19H,4,8,12,15-16H2,(H,24,25). The topological polar surface area (TPSA) is 47.6 Å². The van der Waals surface area contributed by atoms with Gasteiger partial charge in [-0.05, 0) is 48.6 Å². The van der Waals surface area contributed by atoms with E-state index in [0.717, 1.165) is 41.5 Å². The highest BCUT2D eigenvalue weighted by molar-refractivity contribution is 7.98. The van der Waals surface area contributed by atoms with E-state index in [1.54, 1.807) is 23.1 Å². The number of thiophene rings is 1. The van der Waals surface area contributed by atoms with Gasteiger partial charge in [0.05, 0.1) is 11.7 Å². The van der Waals surface area contributed by atoms with E-state index in [4.69, 9.17) is 9.47 Å². The van der Waals surface area contributed by atoms with Crippen molar-refractivity contribution in [1.29, 1.82) is 0 Å². The van der Waals surface area contributed by atoms with Gasteiger partial charge in [0.1, 0.15) is 12.4 Å². The Kier molecular flexibility index (Phi) is 6.87. The van der Waals surface area contributed by atoms with Crippen LogP contribution in [0.1, 0.15) is 28.1 Å². The van der Waals surface area contributed by atoms with E-state index < -0.39 is 0 Å². The van der Waals surface area contributed by atoms with E-state index in [-0.39, 0.29) is 12.0 Å². The molecular formula is C23H23NO3S2. The predicted octanol–water partition coefficient (Wildman–Crippen LogP) is 5.85. The van der Waals surface area contributed by atoms with Crippen molar-refractivity contribution in [3.8, 4) is 5.75 Å². The summed E-state index contributed by atoms with van der Waals surface area (Å²) in [6, 6.07) is 19.4. The summed E-state index contributed by atoms with van der Waals surface area (Å²) in [5.74, 6) is 1.48. The Hall–Kier alpha value is -2.28. The lowest BCUT2D eigenvalue weighted by atomic mass is 10.2. The average Bonchev–Trinajstić information content (AvgIpc) is 3.45. The Morgan fingerprint density at radius 3 is 2.93 bits per heavy atom. The molecule has 0 saturated carbocycles. The number of benzene rings is 2. The molecule has 1 amide bonds. The van der Waals surface area contributed by atoms with Crippen molar-refractivity contribution in [2.24, 2.45) is 0 Å². The number of carbonyl (C=O) groups excluding carboxylic acids is 1. The fraction of sp³-hybridized carbons (Fsp3) is 0.261. The molecule has 1 unspecified atom stereocenters. The highest BCUT2D eigenvalue weighted by atomic mass is 32.2. The molecule has 29 heavy (non-hydrogen) atoms. The molecule has 1 aliphatic rings. The maximum Gasteiger partial charge on any atom is 0.256 e. The number of carbonyl (C=O) groups is 1. The largest absolute Gasteiger partial charge is 0.491 e. The minimum Gasteiger partial charge on any atom is -0.491 e. The molecule has 4 nitrogen and oxygen atoms in total. The van der Waals surface area contributed by atoms with Gasteiger partial charge in [0.15, 0.2) is 0 Å². The van der Waals surface area contributed by atoms with Crippen LogP contribution in [0, 0.1) is 0 Å². The molecule has 1 fully saturated rings. The summed E-state index contributed by atoms with van der Waals surface area (Å²) in [6.45, 7) is 1.35. The van der Waals surface area contributed by atoms with E-state index in [1.165, 1.54) is 4.88 Å². The lowest BCUT2D eigenvalue weighted by molar-refractivity contribution is 0.0680. The summed E-state index contributed by atoms with van der Waals surface area (Å²) in [4.78, 5) is 15.2. The van der Waals surface area contributed by atoms with Crippen LogP contribution in [-0.2, 0) is 10.5 Å². The first-order chi connectivity index (χ1) is 14.3. The van der Waals surface area contributed by atoms with Crippen molar-refractivity contribution in [1.82, 2.24) is 0 Å². The van der Waals surface area contributed by atoms with Gasteiger partial charge in [0, 0.05) is 33.9 Å². The Balaban J connectivity index is 1.39. The molecule has 0 aliphatic carbocycles. The van der Waals surface area contributed by atoms with Gasteiger partial charge >= 0.3 is 0 Å². The molecule has 6 heteroatoms. The van der Waals surface area contributed by atoms with Crippen molar-refractivity contribution >= 4 is 34.7 Å². The van der Waals surface area contributed by atoms with Gasteiger partial charge in [-0.25, -0.2) is 0 Å². The van der Waals surface area contributed by atoms with Crippen LogP contribution in [0.25, 0.3) is 0 Å². The number of anilines is 1. The Bertz CT molecular complexity index is 937. The fourth-order valence-electron chi connectivity index (χ4n) is 3.15. The van der Waals surface area contributed by atoms with E-state index in [2.05, 4.69) is 16.8 Å². The molecule has 0 spiro atoms. The summed E-state index contributed by atoms with van der Waals surface area (Å²) in [5, 5.41) is 5.07. The number of ether oxygens (including phenoxy) is 2. The lowest BCUT2D eigenvalue weighted by Crippen LogP contribution is -2.16. The minimum atomic E-state index is -0.115. The Morgan fingerprint density at radius 1 is 1.17 bits per heavy atom. The second-order valence-corrected chi connectivity index (χ2v) is 8.84. The van der Waals surface area contributed by atoms with E-state index in [0.29, 0.717) is 12.2 Å². The van der Waals surface area contributed by atoms with Crippen LogP contribution >= 0.6 is 23.1 Å². The van der Waals surface area contributed by atoms with E-state index >= 15 is 0 Å². The third-order valence-electron chi connectivity index (χ3n) is 4.63. The maximum atomic E-state index is 12.9. The fourth-order valence-corrected chi connectivity index (χ4v) is 4.97. The van der Waals surface area contributed by atoms with Crippen LogP contribution < -0.4 is 10.1 Å². The van der Waals surface area contributed by atoms with Crippen LogP contribution in [-0.4, -0.2) is 25.2 Å². The number of hydrogen-bond donors (Lipinski definition) is 1. The highest BCUT2D eigenvalue weighted by Gasteiger charge is 2.16. The molecule has 0 bridgehead atoms. The van der Waals surface area contributed by atoms with Gasteiger partial charge in [0.25, 0.3) is 5.91 Å². The first-order valence-corrected chi connectivity index (χ1v) is 11.5.